The van der Waals surface area contributed by atoms with Crippen molar-refractivity contribution in [2.24, 2.45) is 5.92 Å². The Morgan fingerprint density at radius 3 is 3.20 bits per heavy atom. The number of aliphatic hydroxyl groups excluding tert-OH is 1. The Morgan fingerprint density at radius 2 is 2.60 bits per heavy atom. The molecule has 0 bridgehead atoms. The van der Waals surface area contributed by atoms with Crippen LogP contribution in [0.2, 0.25) is 0 Å². The number of piperidine rings is 1. The monoisotopic (exact) mass is 209 g/mol. The van der Waals surface area contributed by atoms with E-state index < -0.39 is 0 Å². The third-order valence-corrected chi connectivity index (χ3v) is 3.10. The van der Waals surface area contributed by atoms with E-state index in [0.29, 0.717) is 5.92 Å². The Kier molecular flexibility index (Phi) is 3.38. The minimum Gasteiger partial charge on any atom is -0.388 e. The van der Waals surface area contributed by atoms with Crippen LogP contribution >= 0.6 is 0 Å². The van der Waals surface area contributed by atoms with Gasteiger partial charge >= 0.3 is 0 Å². The molecule has 1 aliphatic rings. The van der Waals surface area contributed by atoms with Gasteiger partial charge in [-0.2, -0.15) is 5.10 Å². The highest BCUT2D eigenvalue weighted by molar-refractivity contribution is 5.09. The second kappa shape index (κ2) is 4.77. The van der Waals surface area contributed by atoms with Gasteiger partial charge in [-0.25, -0.2) is 0 Å². The summed E-state index contributed by atoms with van der Waals surface area (Å²) in [6, 6.07) is 0. The topological polar surface area (TPSA) is 50.1 Å². The SMILES string of the molecule is CCn1cc(C(O)C2CCCNC2)cn1. The molecule has 1 aromatic heterocycles. The first-order chi connectivity index (χ1) is 7.31. The van der Waals surface area contributed by atoms with E-state index in [4.69, 9.17) is 0 Å². The van der Waals surface area contributed by atoms with Gasteiger partial charge in [-0.15, -0.1) is 0 Å². The van der Waals surface area contributed by atoms with Crippen molar-refractivity contribution < 1.29 is 5.11 Å². The number of aryl methyl sites for hydroxylation is 1. The van der Waals surface area contributed by atoms with Crippen molar-refractivity contribution in [2.45, 2.75) is 32.4 Å². The van der Waals surface area contributed by atoms with Crippen LogP contribution < -0.4 is 5.32 Å². The molecule has 1 saturated heterocycles. The summed E-state index contributed by atoms with van der Waals surface area (Å²) in [6.45, 7) is 4.90. The minimum atomic E-state index is -0.363. The van der Waals surface area contributed by atoms with E-state index in [9.17, 15) is 5.11 Å². The molecule has 1 aliphatic heterocycles. The lowest BCUT2D eigenvalue weighted by atomic mass is 9.91. The first-order valence-electron chi connectivity index (χ1n) is 5.72. The van der Waals surface area contributed by atoms with Gasteiger partial charge in [-0.1, -0.05) is 0 Å². The zero-order chi connectivity index (χ0) is 10.7. The molecule has 2 heterocycles. The Labute approximate surface area is 90.3 Å². The summed E-state index contributed by atoms with van der Waals surface area (Å²) in [5.74, 6) is 0.341. The molecular formula is C11H19N3O. The van der Waals surface area contributed by atoms with Gasteiger partial charge in [-0.3, -0.25) is 4.68 Å². The maximum absolute atomic E-state index is 10.2. The average molecular weight is 209 g/mol. The summed E-state index contributed by atoms with van der Waals surface area (Å²) in [6.07, 6.45) is 5.62. The third-order valence-electron chi connectivity index (χ3n) is 3.10. The lowest BCUT2D eigenvalue weighted by molar-refractivity contribution is 0.0921. The zero-order valence-corrected chi connectivity index (χ0v) is 9.19. The molecule has 0 aliphatic carbocycles. The summed E-state index contributed by atoms with van der Waals surface area (Å²) in [5, 5.41) is 17.7. The quantitative estimate of drug-likeness (QED) is 0.779. The van der Waals surface area contributed by atoms with Crippen LogP contribution in [0.25, 0.3) is 0 Å². The first-order valence-corrected chi connectivity index (χ1v) is 5.72. The molecule has 15 heavy (non-hydrogen) atoms. The van der Waals surface area contributed by atoms with Crippen LogP contribution in [0, 0.1) is 5.92 Å². The van der Waals surface area contributed by atoms with Crippen LogP contribution in [0.1, 0.15) is 31.4 Å². The van der Waals surface area contributed by atoms with Crippen molar-refractivity contribution in [3.05, 3.63) is 18.0 Å². The van der Waals surface area contributed by atoms with Gasteiger partial charge in [0.25, 0.3) is 0 Å². The van der Waals surface area contributed by atoms with Crippen LogP contribution in [0.5, 0.6) is 0 Å². The maximum atomic E-state index is 10.2. The van der Waals surface area contributed by atoms with Gasteiger partial charge in [0.05, 0.1) is 12.3 Å². The highest BCUT2D eigenvalue weighted by Gasteiger charge is 2.23. The molecule has 2 atom stereocenters. The number of nitrogens with zero attached hydrogens (tertiary/aromatic N) is 2. The van der Waals surface area contributed by atoms with Gasteiger partial charge in [0.1, 0.15) is 0 Å². The van der Waals surface area contributed by atoms with Gasteiger partial charge in [-0.05, 0) is 26.3 Å². The molecule has 4 nitrogen and oxygen atoms in total. The Bertz CT molecular complexity index is 305. The molecule has 0 spiro atoms. The van der Waals surface area contributed by atoms with Crippen molar-refractivity contribution in [3.8, 4) is 0 Å². The molecule has 0 aromatic carbocycles. The van der Waals surface area contributed by atoms with Crippen LogP contribution in [0.15, 0.2) is 12.4 Å². The third kappa shape index (κ3) is 2.38. The van der Waals surface area contributed by atoms with Gasteiger partial charge < -0.3 is 10.4 Å². The van der Waals surface area contributed by atoms with Gasteiger partial charge in [0, 0.05) is 30.8 Å². The van der Waals surface area contributed by atoms with E-state index in [1.54, 1.807) is 6.20 Å². The van der Waals surface area contributed by atoms with E-state index in [1.165, 1.54) is 0 Å². The molecular weight excluding hydrogens is 190 g/mol. The summed E-state index contributed by atoms with van der Waals surface area (Å²) >= 11 is 0. The van der Waals surface area contributed by atoms with Crippen LogP contribution in [0.4, 0.5) is 0 Å². The van der Waals surface area contributed by atoms with Crippen molar-refractivity contribution >= 4 is 0 Å². The first kappa shape index (κ1) is 10.6. The number of aliphatic hydroxyl groups is 1. The molecule has 1 aromatic rings. The summed E-state index contributed by atoms with van der Waals surface area (Å²) in [4.78, 5) is 0. The molecule has 2 N–H and O–H groups in total. The Morgan fingerprint density at radius 1 is 1.73 bits per heavy atom. The van der Waals surface area contributed by atoms with Gasteiger partial charge in [0.15, 0.2) is 0 Å². The second-order valence-corrected chi connectivity index (χ2v) is 4.18. The Balaban J connectivity index is 2.02. The number of rotatable bonds is 3. The second-order valence-electron chi connectivity index (χ2n) is 4.18. The molecule has 84 valence electrons. The molecule has 2 rings (SSSR count). The molecule has 0 saturated carbocycles. The standard InChI is InChI=1S/C11H19N3O/c1-2-14-8-10(7-13-14)11(15)9-4-3-5-12-6-9/h7-9,11-12,15H,2-6H2,1H3. The number of aromatic nitrogens is 2. The normalized spacial score (nSPS) is 24.0. The van der Waals surface area contributed by atoms with E-state index in [-0.39, 0.29) is 6.10 Å². The number of hydrogen-bond donors (Lipinski definition) is 2. The van der Waals surface area contributed by atoms with E-state index in [1.807, 2.05) is 17.8 Å². The largest absolute Gasteiger partial charge is 0.388 e. The lowest BCUT2D eigenvalue weighted by Gasteiger charge is -2.26. The fraction of sp³-hybridized carbons (Fsp3) is 0.727. The Hall–Kier alpha value is -0.870. The van der Waals surface area contributed by atoms with Gasteiger partial charge in [0.2, 0.25) is 0 Å². The summed E-state index contributed by atoms with van der Waals surface area (Å²) < 4.78 is 1.86. The maximum Gasteiger partial charge on any atom is 0.0860 e. The smallest absolute Gasteiger partial charge is 0.0860 e. The van der Waals surface area contributed by atoms with Crippen molar-refractivity contribution in [1.82, 2.24) is 15.1 Å². The average Bonchev–Trinajstić information content (AvgIpc) is 2.78. The van der Waals surface area contributed by atoms with E-state index in [2.05, 4.69) is 10.4 Å². The van der Waals surface area contributed by atoms with Crippen molar-refractivity contribution in [3.63, 3.8) is 0 Å². The van der Waals surface area contributed by atoms with Crippen molar-refractivity contribution in [1.29, 1.82) is 0 Å². The fourth-order valence-electron chi connectivity index (χ4n) is 2.13. The predicted octanol–water partition coefficient (Wildman–Crippen LogP) is 0.936. The van der Waals surface area contributed by atoms with Crippen molar-refractivity contribution in [2.75, 3.05) is 13.1 Å². The number of hydrogen-bond acceptors (Lipinski definition) is 3. The highest BCUT2D eigenvalue weighted by Crippen LogP contribution is 2.26. The highest BCUT2D eigenvalue weighted by atomic mass is 16.3. The van der Waals surface area contributed by atoms with Crippen LogP contribution in [-0.4, -0.2) is 28.0 Å². The molecule has 4 heteroatoms. The molecule has 1 fully saturated rings. The van der Waals surface area contributed by atoms with Crippen LogP contribution in [-0.2, 0) is 6.54 Å². The van der Waals surface area contributed by atoms with Crippen LogP contribution in [0.3, 0.4) is 0 Å². The fourth-order valence-corrected chi connectivity index (χ4v) is 2.13. The zero-order valence-electron chi connectivity index (χ0n) is 9.19. The molecule has 0 radical (unpaired) electrons. The van der Waals surface area contributed by atoms with E-state index >= 15 is 0 Å². The number of nitrogens with one attached hydrogen (secondary N) is 1. The lowest BCUT2D eigenvalue weighted by Crippen LogP contribution is -2.33. The van der Waals surface area contributed by atoms with E-state index in [0.717, 1.165) is 38.0 Å². The molecule has 0 amide bonds. The summed E-state index contributed by atoms with van der Waals surface area (Å²) in [5.41, 5.74) is 0.950. The predicted molar refractivity (Wildman–Crippen MR) is 58.5 cm³/mol. The summed E-state index contributed by atoms with van der Waals surface area (Å²) in [7, 11) is 0. The molecule has 2 unspecified atom stereocenters. The minimum absolute atomic E-state index is 0.341.